The van der Waals surface area contributed by atoms with E-state index in [0.29, 0.717) is 19.4 Å². The lowest BCUT2D eigenvalue weighted by Crippen LogP contribution is -2.52. The Kier molecular flexibility index (Phi) is 3.49. The molecule has 2 heterocycles. The zero-order valence-electron chi connectivity index (χ0n) is 10.9. The van der Waals surface area contributed by atoms with Gasteiger partial charge >= 0.3 is 10.8 Å². The lowest BCUT2D eigenvalue weighted by atomic mass is 9.99. The van der Waals surface area contributed by atoms with Crippen molar-refractivity contribution >= 4 is 23.2 Å². The highest BCUT2D eigenvalue weighted by molar-refractivity contribution is 7.07. The minimum Gasteiger partial charge on any atom is -0.480 e. The number of thiazole rings is 1. The molecule has 0 aromatic carbocycles. The molecule has 1 N–H and O–H groups in total. The Bertz CT molecular complexity index is 577. The van der Waals surface area contributed by atoms with Crippen LogP contribution >= 0.6 is 11.3 Å². The molecule has 1 aromatic rings. The standard InChI is InChI=1S/C12H16N2O4S/c1-8-7-19-11(18)13(8)6-9(15)14-5-3-4-12(14,2)10(16)17/h7H,3-6H2,1-2H3,(H,16,17). The van der Waals surface area contributed by atoms with Gasteiger partial charge in [0.25, 0.3) is 0 Å². The number of hydrogen-bond acceptors (Lipinski definition) is 4. The van der Waals surface area contributed by atoms with Gasteiger partial charge in [0.1, 0.15) is 12.1 Å². The zero-order valence-corrected chi connectivity index (χ0v) is 11.7. The van der Waals surface area contributed by atoms with Crippen molar-refractivity contribution in [1.82, 2.24) is 9.47 Å². The molecule has 0 saturated carbocycles. The molecule has 1 unspecified atom stereocenters. The second kappa shape index (κ2) is 4.80. The topological polar surface area (TPSA) is 79.6 Å². The van der Waals surface area contributed by atoms with Crippen LogP contribution in [-0.4, -0.2) is 38.5 Å². The average Bonchev–Trinajstić information content (AvgIpc) is 2.88. The molecule has 0 aliphatic carbocycles. The van der Waals surface area contributed by atoms with Crippen LogP contribution in [0.1, 0.15) is 25.5 Å². The van der Waals surface area contributed by atoms with Gasteiger partial charge < -0.3 is 10.0 Å². The number of aryl methyl sites for hydroxylation is 1. The fraction of sp³-hybridized carbons (Fsp3) is 0.583. The number of aliphatic carboxylic acids is 1. The summed E-state index contributed by atoms with van der Waals surface area (Å²) in [6.07, 6.45) is 1.12. The normalized spacial score (nSPS) is 22.7. The number of likely N-dealkylation sites (tertiary alicyclic amines) is 1. The molecule has 1 atom stereocenters. The van der Waals surface area contributed by atoms with Crippen molar-refractivity contribution in [3.8, 4) is 0 Å². The maximum atomic E-state index is 12.2. The fourth-order valence-corrected chi connectivity index (χ4v) is 3.14. The molecular weight excluding hydrogens is 268 g/mol. The van der Waals surface area contributed by atoms with E-state index in [0.717, 1.165) is 17.0 Å². The van der Waals surface area contributed by atoms with Crippen molar-refractivity contribution in [2.24, 2.45) is 0 Å². The third kappa shape index (κ3) is 2.30. The second-order valence-electron chi connectivity index (χ2n) is 4.96. The molecule has 2 rings (SSSR count). The van der Waals surface area contributed by atoms with Gasteiger partial charge in [-0.3, -0.25) is 14.2 Å². The van der Waals surface area contributed by atoms with E-state index in [4.69, 9.17) is 0 Å². The summed E-state index contributed by atoms with van der Waals surface area (Å²) in [7, 11) is 0. The molecule has 6 nitrogen and oxygen atoms in total. The summed E-state index contributed by atoms with van der Waals surface area (Å²) in [5, 5.41) is 11.0. The van der Waals surface area contributed by atoms with Crippen LogP contribution in [0.3, 0.4) is 0 Å². The lowest BCUT2D eigenvalue weighted by Gasteiger charge is -2.31. The Labute approximate surface area is 114 Å². The van der Waals surface area contributed by atoms with Gasteiger partial charge in [0.15, 0.2) is 0 Å². The van der Waals surface area contributed by atoms with Gasteiger partial charge in [-0.25, -0.2) is 4.79 Å². The maximum absolute atomic E-state index is 12.2. The average molecular weight is 284 g/mol. The summed E-state index contributed by atoms with van der Waals surface area (Å²) < 4.78 is 1.38. The van der Waals surface area contributed by atoms with Gasteiger partial charge in [-0.15, -0.1) is 0 Å². The van der Waals surface area contributed by atoms with Crippen LogP contribution < -0.4 is 4.87 Å². The molecule has 1 saturated heterocycles. The number of hydrogen-bond donors (Lipinski definition) is 1. The summed E-state index contributed by atoms with van der Waals surface area (Å²) in [4.78, 5) is 36.3. The molecule has 1 fully saturated rings. The quantitative estimate of drug-likeness (QED) is 0.885. The van der Waals surface area contributed by atoms with Crippen molar-refractivity contribution in [3.05, 3.63) is 20.7 Å². The Morgan fingerprint density at radius 3 is 2.74 bits per heavy atom. The van der Waals surface area contributed by atoms with E-state index in [2.05, 4.69) is 0 Å². The molecule has 19 heavy (non-hydrogen) atoms. The van der Waals surface area contributed by atoms with E-state index in [1.807, 2.05) is 0 Å². The van der Waals surface area contributed by atoms with Crippen LogP contribution in [0, 0.1) is 6.92 Å². The molecule has 0 bridgehead atoms. The van der Waals surface area contributed by atoms with Crippen molar-refractivity contribution in [3.63, 3.8) is 0 Å². The summed E-state index contributed by atoms with van der Waals surface area (Å²) in [5.41, 5.74) is -0.426. The number of carboxylic acid groups (broad SMARTS) is 1. The first-order valence-corrected chi connectivity index (χ1v) is 6.93. The van der Waals surface area contributed by atoms with Gasteiger partial charge in [0, 0.05) is 17.6 Å². The minimum absolute atomic E-state index is 0.0863. The molecule has 1 aliphatic rings. The van der Waals surface area contributed by atoms with E-state index >= 15 is 0 Å². The zero-order chi connectivity index (χ0) is 14.2. The number of carbonyl (C=O) groups is 2. The van der Waals surface area contributed by atoms with Crippen LogP contribution in [0.15, 0.2) is 10.2 Å². The third-order valence-corrected chi connectivity index (χ3v) is 4.55. The van der Waals surface area contributed by atoms with E-state index in [1.165, 1.54) is 9.47 Å². The number of carboxylic acids is 1. The molecule has 1 amide bonds. The van der Waals surface area contributed by atoms with Gasteiger partial charge in [-0.05, 0) is 26.7 Å². The highest BCUT2D eigenvalue weighted by Crippen LogP contribution is 2.29. The van der Waals surface area contributed by atoms with E-state index in [1.54, 1.807) is 19.2 Å². The Morgan fingerprint density at radius 1 is 1.53 bits per heavy atom. The van der Waals surface area contributed by atoms with E-state index < -0.39 is 11.5 Å². The molecular formula is C12H16N2O4S. The van der Waals surface area contributed by atoms with Crippen LogP contribution in [0.4, 0.5) is 0 Å². The predicted molar refractivity (Wildman–Crippen MR) is 70.3 cm³/mol. The molecule has 1 aromatic heterocycles. The van der Waals surface area contributed by atoms with Crippen LogP contribution in [-0.2, 0) is 16.1 Å². The lowest BCUT2D eigenvalue weighted by molar-refractivity contribution is -0.155. The first-order chi connectivity index (χ1) is 8.86. The number of aromatic nitrogens is 1. The predicted octanol–water partition coefficient (Wildman–Crippen LogP) is 0.684. The summed E-state index contributed by atoms with van der Waals surface area (Å²) in [5.74, 6) is -1.31. The first kappa shape index (κ1) is 13.8. The largest absolute Gasteiger partial charge is 0.480 e. The van der Waals surface area contributed by atoms with Crippen LogP contribution in [0.5, 0.6) is 0 Å². The number of carbonyl (C=O) groups excluding carboxylic acids is 1. The minimum atomic E-state index is -1.15. The SMILES string of the molecule is Cc1csc(=O)n1CC(=O)N1CCCC1(C)C(=O)O. The Balaban J connectivity index is 2.21. The highest BCUT2D eigenvalue weighted by Gasteiger charge is 2.45. The van der Waals surface area contributed by atoms with Gasteiger partial charge in [0.05, 0.1) is 0 Å². The molecule has 0 spiro atoms. The molecule has 7 heteroatoms. The monoisotopic (exact) mass is 284 g/mol. The van der Waals surface area contributed by atoms with E-state index in [9.17, 15) is 19.5 Å². The summed E-state index contributed by atoms with van der Waals surface area (Å²) in [6.45, 7) is 3.66. The van der Waals surface area contributed by atoms with Crippen molar-refractivity contribution in [2.75, 3.05) is 6.54 Å². The van der Waals surface area contributed by atoms with Gasteiger partial charge in [-0.2, -0.15) is 0 Å². The number of rotatable bonds is 3. The van der Waals surface area contributed by atoms with Gasteiger partial charge in [0.2, 0.25) is 5.91 Å². The molecule has 1 aliphatic heterocycles. The summed E-state index contributed by atoms with van der Waals surface area (Å²) in [6, 6.07) is 0. The fourth-order valence-electron chi connectivity index (χ4n) is 2.40. The van der Waals surface area contributed by atoms with Crippen molar-refractivity contribution in [1.29, 1.82) is 0 Å². The smallest absolute Gasteiger partial charge is 0.329 e. The van der Waals surface area contributed by atoms with Crippen molar-refractivity contribution in [2.45, 2.75) is 38.8 Å². The summed E-state index contributed by atoms with van der Waals surface area (Å²) >= 11 is 1.04. The highest BCUT2D eigenvalue weighted by atomic mass is 32.1. The molecule has 104 valence electrons. The Hall–Kier alpha value is -1.63. The number of amides is 1. The number of nitrogens with zero attached hydrogens (tertiary/aromatic N) is 2. The van der Waals surface area contributed by atoms with Gasteiger partial charge in [-0.1, -0.05) is 11.3 Å². The second-order valence-corrected chi connectivity index (χ2v) is 5.78. The Morgan fingerprint density at radius 2 is 2.21 bits per heavy atom. The van der Waals surface area contributed by atoms with E-state index in [-0.39, 0.29) is 17.3 Å². The maximum Gasteiger partial charge on any atom is 0.329 e. The first-order valence-electron chi connectivity index (χ1n) is 6.05. The van der Waals surface area contributed by atoms with Crippen molar-refractivity contribution < 1.29 is 14.7 Å². The third-order valence-electron chi connectivity index (χ3n) is 3.67. The molecule has 0 radical (unpaired) electrons. The van der Waals surface area contributed by atoms with Crippen LogP contribution in [0.2, 0.25) is 0 Å². The van der Waals surface area contributed by atoms with Crippen LogP contribution in [0.25, 0.3) is 0 Å².